The number of nitrogens with one attached hydrogen (secondary N) is 3. The summed E-state index contributed by atoms with van der Waals surface area (Å²) in [6.45, 7) is 3.81. The van der Waals surface area contributed by atoms with Gasteiger partial charge in [-0.05, 0) is 44.2 Å². The van der Waals surface area contributed by atoms with E-state index in [-0.39, 0.29) is 0 Å². The maximum Gasteiger partial charge on any atom is 0.191 e. The van der Waals surface area contributed by atoms with Crippen molar-refractivity contribution in [2.75, 3.05) is 31.2 Å². The van der Waals surface area contributed by atoms with Crippen molar-refractivity contribution < 1.29 is 4.21 Å². The molecular weight excluding hydrogens is 346 g/mol. The lowest BCUT2D eigenvalue weighted by Crippen LogP contribution is -2.46. The number of aliphatic imine (C=N–C) groups is 1. The van der Waals surface area contributed by atoms with Crippen molar-refractivity contribution in [2.45, 2.75) is 56.7 Å². The molecule has 1 aromatic heterocycles. The van der Waals surface area contributed by atoms with Gasteiger partial charge >= 0.3 is 0 Å². The van der Waals surface area contributed by atoms with E-state index in [2.05, 4.69) is 25.9 Å². The first-order valence-corrected chi connectivity index (χ1v) is 11.1. The first-order chi connectivity index (χ1) is 12.7. The lowest BCUT2D eigenvalue weighted by molar-refractivity contribution is 0.413. The fourth-order valence-corrected chi connectivity index (χ4v) is 4.63. The van der Waals surface area contributed by atoms with Crippen LogP contribution in [0.25, 0.3) is 0 Å². The van der Waals surface area contributed by atoms with Crippen LogP contribution in [-0.4, -0.2) is 52.3 Å². The Morgan fingerprint density at radius 3 is 2.88 bits per heavy atom. The van der Waals surface area contributed by atoms with Crippen molar-refractivity contribution in [1.29, 1.82) is 0 Å². The van der Waals surface area contributed by atoms with E-state index in [0.717, 1.165) is 69.1 Å². The standard InChI is InChI=1S/C19H33N5OS/c1-3-26(25)17-10-8-9-16(15-17)24-19(20-2)23-14-7-6-13-22-18-11-4-5-12-21-18/h4-5,11-12,16-17H,3,6-10,13-15H2,1-2H3,(H,21,22)(H2,20,23,24). The summed E-state index contributed by atoms with van der Waals surface area (Å²) >= 11 is 0. The normalized spacial score (nSPS) is 21.8. The van der Waals surface area contributed by atoms with Crippen LogP contribution in [0.1, 0.15) is 45.4 Å². The Bertz CT molecular complexity index is 566. The molecule has 1 saturated carbocycles. The minimum atomic E-state index is -0.688. The fourth-order valence-electron chi connectivity index (χ4n) is 3.28. The number of nitrogens with zero attached hydrogens (tertiary/aromatic N) is 2. The Hall–Kier alpha value is -1.63. The number of unbranched alkanes of at least 4 members (excludes halogenated alkanes) is 1. The summed E-state index contributed by atoms with van der Waals surface area (Å²) in [5.74, 6) is 2.54. The summed E-state index contributed by atoms with van der Waals surface area (Å²) in [6, 6.07) is 6.26. The first-order valence-electron chi connectivity index (χ1n) is 9.72. The van der Waals surface area contributed by atoms with Gasteiger partial charge in [0.2, 0.25) is 0 Å². The Kier molecular flexibility index (Phi) is 9.45. The van der Waals surface area contributed by atoms with Crippen LogP contribution in [-0.2, 0) is 10.8 Å². The second kappa shape index (κ2) is 11.9. The van der Waals surface area contributed by atoms with Gasteiger partial charge in [0.05, 0.1) is 0 Å². The highest BCUT2D eigenvalue weighted by Crippen LogP contribution is 2.22. The fraction of sp³-hybridized carbons (Fsp3) is 0.684. The molecule has 1 aromatic rings. The Balaban J connectivity index is 1.61. The molecule has 1 heterocycles. The molecule has 1 fully saturated rings. The number of rotatable bonds is 9. The summed E-state index contributed by atoms with van der Waals surface area (Å²) < 4.78 is 12.1. The molecule has 3 atom stereocenters. The molecule has 0 bridgehead atoms. The van der Waals surface area contributed by atoms with Crippen LogP contribution in [0.4, 0.5) is 5.82 Å². The minimum absolute atomic E-state index is 0.335. The molecule has 0 aromatic carbocycles. The van der Waals surface area contributed by atoms with E-state index in [4.69, 9.17) is 0 Å². The van der Waals surface area contributed by atoms with E-state index >= 15 is 0 Å². The Morgan fingerprint density at radius 1 is 1.31 bits per heavy atom. The van der Waals surface area contributed by atoms with Crippen LogP contribution in [0.3, 0.4) is 0 Å². The highest BCUT2D eigenvalue weighted by Gasteiger charge is 2.25. The van der Waals surface area contributed by atoms with Crippen LogP contribution in [0.5, 0.6) is 0 Å². The molecule has 3 N–H and O–H groups in total. The topological polar surface area (TPSA) is 78.4 Å². The van der Waals surface area contributed by atoms with Gasteiger partial charge in [0, 0.05) is 54.2 Å². The van der Waals surface area contributed by atoms with Gasteiger partial charge in [0.25, 0.3) is 0 Å². The zero-order chi connectivity index (χ0) is 18.6. The summed E-state index contributed by atoms with van der Waals surface area (Å²) in [7, 11) is 1.12. The van der Waals surface area contributed by atoms with Crippen molar-refractivity contribution in [3.05, 3.63) is 24.4 Å². The lowest BCUT2D eigenvalue weighted by Gasteiger charge is -2.30. The molecule has 26 heavy (non-hydrogen) atoms. The van der Waals surface area contributed by atoms with Crippen LogP contribution in [0.15, 0.2) is 29.4 Å². The number of hydrogen-bond acceptors (Lipinski definition) is 4. The van der Waals surface area contributed by atoms with Crippen molar-refractivity contribution in [3.8, 4) is 0 Å². The summed E-state index contributed by atoms with van der Waals surface area (Å²) in [6.07, 6.45) is 8.28. The zero-order valence-corrected chi connectivity index (χ0v) is 16.9. The average molecular weight is 380 g/mol. The molecule has 3 unspecified atom stereocenters. The molecule has 0 saturated heterocycles. The first kappa shape index (κ1) is 20.7. The van der Waals surface area contributed by atoms with Crippen LogP contribution in [0.2, 0.25) is 0 Å². The van der Waals surface area contributed by atoms with Crippen LogP contribution in [0, 0.1) is 0 Å². The van der Waals surface area contributed by atoms with Crippen molar-refractivity contribution in [1.82, 2.24) is 15.6 Å². The highest BCUT2D eigenvalue weighted by atomic mass is 32.2. The molecular formula is C19H33N5OS. The SMILES string of the molecule is CCS(=O)C1CCCC(NC(=NC)NCCCCNc2ccccn2)C1. The molecule has 146 valence electrons. The van der Waals surface area contributed by atoms with Gasteiger partial charge in [-0.15, -0.1) is 0 Å². The summed E-state index contributed by atoms with van der Waals surface area (Å²) in [5.41, 5.74) is 0. The lowest BCUT2D eigenvalue weighted by atomic mass is 9.95. The Morgan fingerprint density at radius 2 is 2.15 bits per heavy atom. The van der Waals surface area contributed by atoms with E-state index < -0.39 is 10.8 Å². The van der Waals surface area contributed by atoms with E-state index in [1.807, 2.05) is 32.2 Å². The maximum absolute atomic E-state index is 12.1. The molecule has 1 aliphatic rings. The third-order valence-electron chi connectivity index (χ3n) is 4.71. The smallest absolute Gasteiger partial charge is 0.191 e. The number of guanidine groups is 1. The van der Waals surface area contributed by atoms with Crippen LogP contribution < -0.4 is 16.0 Å². The third kappa shape index (κ3) is 7.32. The van der Waals surface area contributed by atoms with Crippen LogP contribution >= 0.6 is 0 Å². The Labute approximate surface area is 160 Å². The van der Waals surface area contributed by atoms with Gasteiger partial charge in [-0.3, -0.25) is 9.20 Å². The van der Waals surface area contributed by atoms with Gasteiger partial charge in [-0.25, -0.2) is 4.98 Å². The van der Waals surface area contributed by atoms with Crippen molar-refractivity contribution in [3.63, 3.8) is 0 Å². The number of aromatic nitrogens is 1. The van der Waals surface area contributed by atoms with E-state index in [0.29, 0.717) is 11.3 Å². The molecule has 1 aliphatic carbocycles. The number of pyridine rings is 1. The third-order valence-corrected chi connectivity index (χ3v) is 6.45. The molecule has 0 amide bonds. The molecule has 6 nitrogen and oxygen atoms in total. The second-order valence-corrected chi connectivity index (χ2v) is 8.65. The second-order valence-electron chi connectivity index (χ2n) is 6.65. The van der Waals surface area contributed by atoms with E-state index in [9.17, 15) is 4.21 Å². The van der Waals surface area contributed by atoms with Crippen molar-refractivity contribution >= 4 is 22.6 Å². The highest BCUT2D eigenvalue weighted by molar-refractivity contribution is 7.85. The van der Waals surface area contributed by atoms with E-state index in [1.54, 1.807) is 6.20 Å². The van der Waals surface area contributed by atoms with Crippen molar-refractivity contribution in [2.24, 2.45) is 4.99 Å². The van der Waals surface area contributed by atoms with Gasteiger partial charge in [-0.2, -0.15) is 0 Å². The number of anilines is 1. The summed E-state index contributed by atoms with van der Waals surface area (Å²) in [4.78, 5) is 8.58. The molecule has 0 aliphatic heterocycles. The van der Waals surface area contributed by atoms with Gasteiger partial charge in [0.1, 0.15) is 5.82 Å². The van der Waals surface area contributed by atoms with Gasteiger partial charge in [0.15, 0.2) is 5.96 Å². The molecule has 0 spiro atoms. The van der Waals surface area contributed by atoms with Gasteiger partial charge < -0.3 is 16.0 Å². The monoisotopic (exact) mass is 379 g/mol. The maximum atomic E-state index is 12.1. The van der Waals surface area contributed by atoms with E-state index in [1.165, 1.54) is 0 Å². The summed E-state index contributed by atoms with van der Waals surface area (Å²) in [5, 5.41) is 10.6. The molecule has 7 heteroatoms. The van der Waals surface area contributed by atoms with Gasteiger partial charge in [-0.1, -0.05) is 19.4 Å². The minimum Gasteiger partial charge on any atom is -0.370 e. The zero-order valence-electron chi connectivity index (χ0n) is 16.0. The molecule has 2 rings (SSSR count). The predicted octanol–water partition coefficient (Wildman–Crippen LogP) is 2.52. The molecule has 0 radical (unpaired) electrons. The largest absolute Gasteiger partial charge is 0.370 e. The predicted molar refractivity (Wildman–Crippen MR) is 111 cm³/mol. The number of hydrogen-bond donors (Lipinski definition) is 3. The quantitative estimate of drug-likeness (QED) is 0.349. The average Bonchev–Trinajstić information content (AvgIpc) is 2.70.